The van der Waals surface area contributed by atoms with Gasteiger partial charge in [-0.25, -0.2) is 0 Å². The predicted octanol–water partition coefficient (Wildman–Crippen LogP) is 1.59. The van der Waals surface area contributed by atoms with E-state index < -0.39 is 0 Å². The van der Waals surface area contributed by atoms with Crippen LogP contribution in [0.1, 0.15) is 12.8 Å². The Labute approximate surface area is 60.1 Å². The van der Waals surface area contributed by atoms with Crippen LogP contribution in [0.15, 0.2) is 23.7 Å². The quantitative estimate of drug-likeness (QED) is 0.548. The van der Waals surface area contributed by atoms with E-state index in [0.717, 1.165) is 26.1 Å². The van der Waals surface area contributed by atoms with Crippen LogP contribution in [0.3, 0.4) is 0 Å². The van der Waals surface area contributed by atoms with E-state index in [1.807, 2.05) is 12.5 Å². The summed E-state index contributed by atoms with van der Waals surface area (Å²) in [6.45, 7) is 1.68. The van der Waals surface area contributed by atoms with E-state index in [0.29, 0.717) is 0 Å². The fourth-order valence-corrected chi connectivity index (χ4v) is 1.25. The van der Waals surface area contributed by atoms with Crippen molar-refractivity contribution in [2.45, 2.75) is 12.8 Å². The molecule has 0 spiro atoms. The molecule has 0 unspecified atom stereocenters. The van der Waals surface area contributed by atoms with E-state index in [2.05, 4.69) is 0 Å². The highest BCUT2D eigenvalue weighted by Gasteiger charge is 2.14. The number of hydrogen-bond acceptors (Lipinski definition) is 2. The van der Waals surface area contributed by atoms with Gasteiger partial charge in [0, 0.05) is 12.8 Å². The minimum Gasteiger partial charge on any atom is -0.501 e. The molecular formula is C8H10O2. The minimum absolute atomic E-state index is 0.840. The van der Waals surface area contributed by atoms with Gasteiger partial charge in [-0.2, -0.15) is 0 Å². The molecule has 0 aromatic rings. The Morgan fingerprint density at radius 2 is 1.40 bits per heavy atom. The van der Waals surface area contributed by atoms with Gasteiger partial charge in [-0.05, 0) is 11.1 Å². The molecule has 10 heavy (non-hydrogen) atoms. The highest BCUT2D eigenvalue weighted by atomic mass is 16.5. The predicted molar refractivity (Wildman–Crippen MR) is 37.3 cm³/mol. The maximum atomic E-state index is 5.11. The third kappa shape index (κ3) is 0.897. The molecule has 0 aromatic carbocycles. The fourth-order valence-electron chi connectivity index (χ4n) is 1.25. The second kappa shape index (κ2) is 2.37. The second-order valence-corrected chi connectivity index (χ2v) is 2.53. The van der Waals surface area contributed by atoms with Crippen LogP contribution in [0.25, 0.3) is 0 Å². The Morgan fingerprint density at radius 3 is 1.70 bits per heavy atom. The molecular weight excluding hydrogens is 128 g/mol. The van der Waals surface area contributed by atoms with E-state index >= 15 is 0 Å². The summed E-state index contributed by atoms with van der Waals surface area (Å²) in [6, 6.07) is 0. The first-order valence-corrected chi connectivity index (χ1v) is 3.58. The lowest BCUT2D eigenvalue weighted by molar-refractivity contribution is 0.281. The zero-order chi connectivity index (χ0) is 6.81. The molecule has 2 heterocycles. The van der Waals surface area contributed by atoms with Gasteiger partial charge < -0.3 is 9.47 Å². The molecule has 0 aliphatic carbocycles. The number of ether oxygens (including phenoxy) is 2. The Kier molecular flexibility index (Phi) is 1.38. The van der Waals surface area contributed by atoms with Crippen LogP contribution < -0.4 is 0 Å². The highest BCUT2D eigenvalue weighted by Crippen LogP contribution is 2.25. The largest absolute Gasteiger partial charge is 0.501 e. The van der Waals surface area contributed by atoms with E-state index in [9.17, 15) is 0 Å². The summed E-state index contributed by atoms with van der Waals surface area (Å²) in [5.74, 6) is 0. The molecule has 0 bridgehead atoms. The molecule has 0 aromatic heterocycles. The third-order valence-electron chi connectivity index (χ3n) is 1.84. The maximum Gasteiger partial charge on any atom is 0.0915 e. The first kappa shape index (κ1) is 5.83. The van der Waals surface area contributed by atoms with Crippen molar-refractivity contribution in [2.75, 3.05) is 13.2 Å². The summed E-state index contributed by atoms with van der Waals surface area (Å²) < 4.78 is 10.2. The standard InChI is InChI=1S/C8H10O2/c1-3-9-5-7(1)8-2-4-10-6-8/h5-6H,1-4H2. The average Bonchev–Trinajstić information content (AvgIpc) is 2.59. The molecule has 0 atom stereocenters. The van der Waals surface area contributed by atoms with E-state index in [4.69, 9.17) is 9.47 Å². The van der Waals surface area contributed by atoms with Gasteiger partial charge in [0.25, 0.3) is 0 Å². The lowest BCUT2D eigenvalue weighted by Crippen LogP contribution is -1.84. The molecule has 2 nitrogen and oxygen atoms in total. The Hall–Kier alpha value is -0.920. The van der Waals surface area contributed by atoms with E-state index in [1.54, 1.807) is 0 Å². The highest BCUT2D eigenvalue weighted by molar-refractivity contribution is 5.31. The summed E-state index contributed by atoms with van der Waals surface area (Å²) in [5, 5.41) is 0. The smallest absolute Gasteiger partial charge is 0.0915 e. The van der Waals surface area contributed by atoms with Gasteiger partial charge in [-0.3, -0.25) is 0 Å². The Bertz CT molecular complexity index is 169. The molecule has 2 heteroatoms. The van der Waals surface area contributed by atoms with Gasteiger partial charge >= 0.3 is 0 Å². The minimum atomic E-state index is 0.840. The van der Waals surface area contributed by atoms with Crippen molar-refractivity contribution < 1.29 is 9.47 Å². The normalized spacial score (nSPS) is 23.2. The Balaban J connectivity index is 2.10. The van der Waals surface area contributed by atoms with Crippen molar-refractivity contribution in [3.63, 3.8) is 0 Å². The molecule has 0 N–H and O–H groups in total. The summed E-state index contributed by atoms with van der Waals surface area (Å²) in [5.41, 5.74) is 2.63. The van der Waals surface area contributed by atoms with Crippen LogP contribution in [0.4, 0.5) is 0 Å². The van der Waals surface area contributed by atoms with E-state index in [-0.39, 0.29) is 0 Å². The van der Waals surface area contributed by atoms with Gasteiger partial charge in [0.15, 0.2) is 0 Å². The summed E-state index contributed by atoms with van der Waals surface area (Å²) in [4.78, 5) is 0. The molecule has 2 rings (SSSR count). The second-order valence-electron chi connectivity index (χ2n) is 2.53. The molecule has 0 saturated heterocycles. The van der Waals surface area contributed by atoms with Crippen LogP contribution in [-0.4, -0.2) is 13.2 Å². The zero-order valence-corrected chi connectivity index (χ0v) is 5.80. The molecule has 0 saturated carbocycles. The van der Waals surface area contributed by atoms with Gasteiger partial charge in [0.2, 0.25) is 0 Å². The van der Waals surface area contributed by atoms with Gasteiger partial charge in [0.1, 0.15) is 0 Å². The van der Waals surface area contributed by atoms with E-state index in [1.165, 1.54) is 11.1 Å². The topological polar surface area (TPSA) is 18.5 Å². The van der Waals surface area contributed by atoms with Crippen molar-refractivity contribution in [3.05, 3.63) is 23.7 Å². The fraction of sp³-hybridized carbons (Fsp3) is 0.500. The molecule has 0 fully saturated rings. The van der Waals surface area contributed by atoms with Crippen molar-refractivity contribution in [3.8, 4) is 0 Å². The maximum absolute atomic E-state index is 5.11. The molecule has 2 aliphatic rings. The lowest BCUT2D eigenvalue weighted by Gasteiger charge is -1.94. The third-order valence-corrected chi connectivity index (χ3v) is 1.84. The first-order chi connectivity index (χ1) is 4.97. The van der Waals surface area contributed by atoms with Gasteiger partial charge in [-0.1, -0.05) is 0 Å². The zero-order valence-electron chi connectivity index (χ0n) is 5.80. The Morgan fingerprint density at radius 1 is 0.900 bits per heavy atom. The average molecular weight is 138 g/mol. The lowest BCUT2D eigenvalue weighted by atomic mass is 10.1. The summed E-state index contributed by atoms with van der Waals surface area (Å²) >= 11 is 0. The van der Waals surface area contributed by atoms with Crippen molar-refractivity contribution in [2.24, 2.45) is 0 Å². The first-order valence-electron chi connectivity index (χ1n) is 3.58. The summed E-state index contributed by atoms with van der Waals surface area (Å²) in [7, 11) is 0. The molecule has 2 aliphatic heterocycles. The molecule has 0 amide bonds. The van der Waals surface area contributed by atoms with Gasteiger partial charge in [0.05, 0.1) is 25.7 Å². The van der Waals surface area contributed by atoms with Crippen LogP contribution in [-0.2, 0) is 9.47 Å². The van der Waals surface area contributed by atoms with Crippen molar-refractivity contribution in [1.82, 2.24) is 0 Å². The monoisotopic (exact) mass is 138 g/mol. The van der Waals surface area contributed by atoms with Crippen LogP contribution in [0.2, 0.25) is 0 Å². The van der Waals surface area contributed by atoms with Crippen molar-refractivity contribution >= 4 is 0 Å². The molecule has 54 valence electrons. The number of rotatable bonds is 1. The number of hydrogen-bond donors (Lipinski definition) is 0. The van der Waals surface area contributed by atoms with Crippen LogP contribution in [0.5, 0.6) is 0 Å². The molecule has 0 radical (unpaired) electrons. The summed E-state index contributed by atoms with van der Waals surface area (Å²) in [6.07, 6.45) is 5.80. The van der Waals surface area contributed by atoms with Crippen LogP contribution >= 0.6 is 0 Å². The SMILES string of the molecule is C1=C(C2=COCC2)CCO1. The van der Waals surface area contributed by atoms with Gasteiger partial charge in [-0.15, -0.1) is 0 Å². The van der Waals surface area contributed by atoms with Crippen molar-refractivity contribution in [1.29, 1.82) is 0 Å². The van der Waals surface area contributed by atoms with Crippen LogP contribution in [0, 0.1) is 0 Å².